The van der Waals surface area contributed by atoms with Crippen molar-refractivity contribution in [3.8, 4) is 22.0 Å². The van der Waals surface area contributed by atoms with Crippen LogP contribution in [0.25, 0.3) is 22.0 Å². The normalized spacial score (nSPS) is 12.1. The molecule has 7 heteroatoms. The third-order valence-corrected chi connectivity index (χ3v) is 5.62. The number of amides is 1. The molecule has 1 atom stereocenters. The molecule has 3 heterocycles. The highest BCUT2D eigenvalue weighted by Crippen LogP contribution is 2.29. The molecule has 29 heavy (non-hydrogen) atoms. The average Bonchev–Trinajstić information content (AvgIpc) is 3.43. The van der Waals surface area contributed by atoms with Crippen LogP contribution in [0.15, 0.2) is 70.8 Å². The molecule has 4 aromatic rings. The van der Waals surface area contributed by atoms with Gasteiger partial charge < -0.3 is 14.3 Å². The van der Waals surface area contributed by atoms with Crippen molar-refractivity contribution in [1.82, 2.24) is 14.9 Å². The number of halogens is 1. The Kier molecular flexibility index (Phi) is 5.83. The van der Waals surface area contributed by atoms with Crippen molar-refractivity contribution in [3.63, 3.8) is 0 Å². The van der Waals surface area contributed by atoms with Gasteiger partial charge in [0.25, 0.3) is 0 Å². The monoisotopic (exact) mass is 425 g/mol. The number of carbonyl (C=O) groups is 1. The summed E-state index contributed by atoms with van der Waals surface area (Å²) in [6.45, 7) is 2.21. The van der Waals surface area contributed by atoms with Crippen LogP contribution >= 0.6 is 22.9 Å². The Morgan fingerprint density at radius 1 is 1.24 bits per heavy atom. The first-order valence-corrected chi connectivity index (χ1v) is 10.5. The number of benzene rings is 1. The van der Waals surface area contributed by atoms with E-state index in [0.29, 0.717) is 11.4 Å². The van der Waals surface area contributed by atoms with Crippen molar-refractivity contribution in [2.45, 2.75) is 25.9 Å². The molecule has 148 valence electrons. The first-order valence-electron chi connectivity index (χ1n) is 9.27. The third-order valence-electron chi connectivity index (χ3n) is 4.50. The SMILES string of the molecule is CC(Cc1ccco1)NC(=O)Cn1cccc1-c1nc(-c2ccc(Cl)cc2)cs1. The molecule has 0 radical (unpaired) electrons. The number of carbonyl (C=O) groups excluding carboxylic acids is 1. The van der Waals surface area contributed by atoms with Crippen molar-refractivity contribution in [3.05, 3.63) is 77.2 Å². The molecule has 0 aliphatic rings. The van der Waals surface area contributed by atoms with E-state index in [1.807, 2.05) is 71.6 Å². The van der Waals surface area contributed by atoms with Gasteiger partial charge in [0.2, 0.25) is 5.91 Å². The molecule has 0 bridgehead atoms. The topological polar surface area (TPSA) is 60.1 Å². The number of furan rings is 1. The quantitative estimate of drug-likeness (QED) is 0.438. The average molecular weight is 426 g/mol. The molecular formula is C22H20ClN3O2S. The molecule has 1 amide bonds. The van der Waals surface area contributed by atoms with Gasteiger partial charge in [-0.3, -0.25) is 4.79 Å². The van der Waals surface area contributed by atoms with Crippen LogP contribution in [0, 0.1) is 0 Å². The summed E-state index contributed by atoms with van der Waals surface area (Å²) in [6, 6.07) is 15.3. The first-order chi connectivity index (χ1) is 14.1. The summed E-state index contributed by atoms with van der Waals surface area (Å²) in [4.78, 5) is 17.2. The minimum Gasteiger partial charge on any atom is -0.469 e. The second-order valence-electron chi connectivity index (χ2n) is 6.82. The molecule has 0 spiro atoms. The lowest BCUT2D eigenvalue weighted by Crippen LogP contribution is -2.36. The van der Waals surface area contributed by atoms with Crippen LogP contribution in [0.4, 0.5) is 0 Å². The molecule has 0 saturated carbocycles. The molecule has 0 saturated heterocycles. The van der Waals surface area contributed by atoms with Gasteiger partial charge in [0, 0.05) is 34.6 Å². The lowest BCUT2D eigenvalue weighted by atomic mass is 10.2. The third kappa shape index (κ3) is 4.78. The van der Waals surface area contributed by atoms with Gasteiger partial charge in [-0.25, -0.2) is 4.98 Å². The van der Waals surface area contributed by atoms with E-state index >= 15 is 0 Å². The van der Waals surface area contributed by atoms with Gasteiger partial charge in [0.05, 0.1) is 17.7 Å². The summed E-state index contributed by atoms with van der Waals surface area (Å²) in [6.07, 6.45) is 4.20. The fraction of sp³-hybridized carbons (Fsp3) is 0.182. The smallest absolute Gasteiger partial charge is 0.240 e. The van der Waals surface area contributed by atoms with E-state index in [1.165, 1.54) is 0 Å². The molecule has 1 unspecified atom stereocenters. The van der Waals surface area contributed by atoms with Crippen molar-refractivity contribution < 1.29 is 9.21 Å². The molecule has 3 aromatic heterocycles. The van der Waals surface area contributed by atoms with Crippen molar-refractivity contribution >= 4 is 28.8 Å². The summed E-state index contributed by atoms with van der Waals surface area (Å²) < 4.78 is 7.26. The molecule has 0 aliphatic carbocycles. The Balaban J connectivity index is 1.43. The number of nitrogens with zero attached hydrogens (tertiary/aromatic N) is 2. The molecule has 5 nitrogen and oxygen atoms in total. The number of hydrogen-bond acceptors (Lipinski definition) is 4. The van der Waals surface area contributed by atoms with Crippen LogP contribution < -0.4 is 5.32 Å². The Bertz CT molecular complexity index is 1080. The maximum atomic E-state index is 12.5. The molecule has 4 rings (SSSR count). The Morgan fingerprint density at radius 2 is 2.07 bits per heavy atom. The van der Waals surface area contributed by atoms with E-state index in [2.05, 4.69) is 5.32 Å². The van der Waals surface area contributed by atoms with Crippen LogP contribution in [-0.2, 0) is 17.8 Å². The fourth-order valence-corrected chi connectivity index (χ4v) is 4.14. The van der Waals surface area contributed by atoms with Gasteiger partial charge in [0.1, 0.15) is 17.3 Å². The van der Waals surface area contributed by atoms with Gasteiger partial charge in [0.15, 0.2) is 0 Å². The second kappa shape index (κ2) is 8.68. The van der Waals surface area contributed by atoms with E-state index in [1.54, 1.807) is 17.6 Å². The molecular weight excluding hydrogens is 406 g/mol. The summed E-state index contributed by atoms with van der Waals surface area (Å²) in [5.41, 5.74) is 2.83. The van der Waals surface area contributed by atoms with Crippen molar-refractivity contribution in [2.75, 3.05) is 0 Å². The summed E-state index contributed by atoms with van der Waals surface area (Å²) in [5, 5.41) is 6.61. The van der Waals surface area contributed by atoms with E-state index in [9.17, 15) is 4.79 Å². The lowest BCUT2D eigenvalue weighted by Gasteiger charge is -2.14. The van der Waals surface area contributed by atoms with Crippen LogP contribution in [-0.4, -0.2) is 21.5 Å². The number of thiazole rings is 1. The first kappa shape index (κ1) is 19.5. The van der Waals surface area contributed by atoms with Crippen LogP contribution in [0.2, 0.25) is 5.02 Å². The van der Waals surface area contributed by atoms with Crippen molar-refractivity contribution in [2.24, 2.45) is 0 Å². The van der Waals surface area contributed by atoms with Crippen LogP contribution in [0.3, 0.4) is 0 Å². The molecule has 1 aromatic carbocycles. The fourth-order valence-electron chi connectivity index (χ4n) is 3.15. The Morgan fingerprint density at radius 3 is 2.83 bits per heavy atom. The number of hydrogen-bond donors (Lipinski definition) is 1. The Labute approximate surface area is 178 Å². The Hall–Kier alpha value is -2.83. The zero-order valence-electron chi connectivity index (χ0n) is 15.8. The maximum Gasteiger partial charge on any atom is 0.240 e. The van der Waals surface area contributed by atoms with Crippen molar-refractivity contribution in [1.29, 1.82) is 0 Å². The zero-order valence-corrected chi connectivity index (χ0v) is 17.4. The van der Waals surface area contributed by atoms with Gasteiger partial charge >= 0.3 is 0 Å². The predicted octanol–water partition coefficient (Wildman–Crippen LogP) is 5.27. The van der Waals surface area contributed by atoms with Crippen LogP contribution in [0.1, 0.15) is 12.7 Å². The van der Waals surface area contributed by atoms with Gasteiger partial charge in [-0.15, -0.1) is 11.3 Å². The molecule has 0 fully saturated rings. The summed E-state index contributed by atoms with van der Waals surface area (Å²) >= 11 is 7.52. The largest absolute Gasteiger partial charge is 0.469 e. The highest BCUT2D eigenvalue weighted by molar-refractivity contribution is 7.13. The van der Waals surface area contributed by atoms with E-state index in [4.69, 9.17) is 21.0 Å². The summed E-state index contributed by atoms with van der Waals surface area (Å²) in [7, 11) is 0. The number of rotatable bonds is 7. The molecule has 1 N–H and O–H groups in total. The number of aromatic nitrogens is 2. The highest BCUT2D eigenvalue weighted by Gasteiger charge is 2.14. The number of nitrogens with one attached hydrogen (secondary N) is 1. The van der Waals surface area contributed by atoms with E-state index < -0.39 is 0 Å². The van der Waals surface area contributed by atoms with Gasteiger partial charge in [-0.2, -0.15) is 0 Å². The second-order valence-corrected chi connectivity index (χ2v) is 8.11. The van der Waals surface area contributed by atoms with Gasteiger partial charge in [-0.1, -0.05) is 23.7 Å². The minimum atomic E-state index is -0.0454. The van der Waals surface area contributed by atoms with E-state index in [-0.39, 0.29) is 18.5 Å². The minimum absolute atomic E-state index is 0.0102. The molecule has 0 aliphatic heterocycles. The maximum absolute atomic E-state index is 12.5. The van der Waals surface area contributed by atoms with Gasteiger partial charge in [-0.05, 0) is 43.3 Å². The highest BCUT2D eigenvalue weighted by atomic mass is 35.5. The van der Waals surface area contributed by atoms with Crippen LogP contribution in [0.5, 0.6) is 0 Å². The summed E-state index contributed by atoms with van der Waals surface area (Å²) in [5.74, 6) is 0.813. The van der Waals surface area contributed by atoms with E-state index in [0.717, 1.165) is 27.7 Å². The predicted molar refractivity (Wildman–Crippen MR) is 116 cm³/mol. The standard InChI is InChI=1S/C22H20ClN3O2S/c1-15(12-18-4-3-11-28-18)24-21(27)13-26-10-2-5-20(26)22-25-19(14-29-22)16-6-8-17(23)9-7-16/h2-11,14-15H,12-13H2,1H3,(H,24,27). The zero-order chi connectivity index (χ0) is 20.2. The lowest BCUT2D eigenvalue weighted by molar-refractivity contribution is -0.122.